The first-order valence-corrected chi connectivity index (χ1v) is 9.31. The number of nitrogens with zero attached hydrogens (tertiary/aromatic N) is 3. The molecule has 1 N–H and O–H groups in total. The van der Waals surface area contributed by atoms with Gasteiger partial charge in [0.05, 0.1) is 18.5 Å². The predicted molar refractivity (Wildman–Crippen MR) is 111 cm³/mol. The standard InChI is InChI=1S/C21H20N4OS/c1-13-8-14(2)20(15(3)9-13)25-24-18(11-22)21-23-19(12-27-21)16-6-5-7-17(10-16)26-4/h5-10,12,25H,1-4H3/b24-18-. The molecule has 0 bridgehead atoms. The molecule has 27 heavy (non-hydrogen) atoms. The molecule has 0 atom stereocenters. The monoisotopic (exact) mass is 376 g/mol. The van der Waals surface area contributed by atoms with E-state index in [2.05, 4.69) is 40.6 Å². The Bertz CT molecular complexity index is 1020. The van der Waals surface area contributed by atoms with Gasteiger partial charge in [0.15, 0.2) is 10.7 Å². The number of rotatable bonds is 5. The highest BCUT2D eigenvalue weighted by Crippen LogP contribution is 2.26. The Kier molecular flexibility index (Phi) is 5.53. The van der Waals surface area contributed by atoms with Gasteiger partial charge in [-0.2, -0.15) is 10.4 Å². The van der Waals surface area contributed by atoms with Gasteiger partial charge in [0.2, 0.25) is 0 Å². The van der Waals surface area contributed by atoms with E-state index in [1.807, 2.05) is 43.5 Å². The van der Waals surface area contributed by atoms with Gasteiger partial charge in [-0.3, -0.25) is 5.43 Å². The summed E-state index contributed by atoms with van der Waals surface area (Å²) in [4.78, 5) is 4.57. The average molecular weight is 376 g/mol. The number of methoxy groups -OCH3 is 1. The third kappa shape index (κ3) is 4.15. The van der Waals surface area contributed by atoms with Crippen LogP contribution in [0.15, 0.2) is 46.9 Å². The van der Waals surface area contributed by atoms with Gasteiger partial charge in [-0.25, -0.2) is 4.98 Å². The lowest BCUT2D eigenvalue weighted by Crippen LogP contribution is -2.03. The number of hydrogen-bond donors (Lipinski definition) is 1. The van der Waals surface area contributed by atoms with E-state index in [1.165, 1.54) is 16.9 Å². The van der Waals surface area contributed by atoms with Crippen LogP contribution in [0.25, 0.3) is 11.3 Å². The predicted octanol–water partition coefficient (Wildman–Crippen LogP) is 5.08. The van der Waals surface area contributed by atoms with Crippen molar-refractivity contribution < 1.29 is 4.74 Å². The van der Waals surface area contributed by atoms with Gasteiger partial charge in [0.1, 0.15) is 11.8 Å². The molecule has 0 amide bonds. The topological polar surface area (TPSA) is 70.3 Å². The van der Waals surface area contributed by atoms with E-state index in [4.69, 9.17) is 4.74 Å². The minimum atomic E-state index is 0.258. The number of aryl methyl sites for hydroxylation is 3. The number of nitrogens with one attached hydrogen (secondary N) is 1. The van der Waals surface area contributed by atoms with E-state index in [0.717, 1.165) is 33.8 Å². The number of benzene rings is 2. The molecule has 0 saturated carbocycles. The quantitative estimate of drug-likeness (QED) is 0.498. The van der Waals surface area contributed by atoms with E-state index in [9.17, 15) is 5.26 Å². The van der Waals surface area contributed by atoms with Crippen molar-refractivity contribution in [1.29, 1.82) is 5.26 Å². The number of ether oxygens (including phenoxy) is 1. The second-order valence-corrected chi connectivity index (χ2v) is 7.09. The second kappa shape index (κ2) is 8.02. The highest BCUT2D eigenvalue weighted by Gasteiger charge is 2.12. The number of hydrazone groups is 1. The molecule has 5 nitrogen and oxygen atoms in total. The molecule has 0 aliphatic heterocycles. The van der Waals surface area contributed by atoms with Crippen LogP contribution in [0, 0.1) is 32.1 Å². The lowest BCUT2D eigenvalue weighted by atomic mass is 10.1. The van der Waals surface area contributed by atoms with Crippen LogP contribution in [0.5, 0.6) is 5.75 Å². The number of anilines is 1. The van der Waals surface area contributed by atoms with E-state index >= 15 is 0 Å². The molecule has 1 heterocycles. The van der Waals surface area contributed by atoms with E-state index in [1.54, 1.807) is 7.11 Å². The summed E-state index contributed by atoms with van der Waals surface area (Å²) < 4.78 is 5.26. The van der Waals surface area contributed by atoms with E-state index < -0.39 is 0 Å². The Hall–Kier alpha value is -3.17. The molecule has 0 fully saturated rings. The molecule has 0 spiro atoms. The molecule has 0 unspecified atom stereocenters. The molecular weight excluding hydrogens is 356 g/mol. The number of aromatic nitrogens is 1. The highest BCUT2D eigenvalue weighted by molar-refractivity contribution is 7.12. The molecule has 6 heteroatoms. The largest absolute Gasteiger partial charge is 0.497 e. The smallest absolute Gasteiger partial charge is 0.196 e. The van der Waals surface area contributed by atoms with Crippen LogP contribution < -0.4 is 10.2 Å². The van der Waals surface area contributed by atoms with Gasteiger partial charge in [-0.15, -0.1) is 11.3 Å². The fourth-order valence-corrected chi connectivity index (χ4v) is 3.65. The summed E-state index contributed by atoms with van der Waals surface area (Å²) in [6.07, 6.45) is 0. The summed E-state index contributed by atoms with van der Waals surface area (Å²) in [5.41, 5.74) is 9.31. The molecule has 0 aliphatic carbocycles. The van der Waals surface area contributed by atoms with Gasteiger partial charge in [0, 0.05) is 10.9 Å². The van der Waals surface area contributed by atoms with Crippen molar-refractivity contribution in [1.82, 2.24) is 4.98 Å². The van der Waals surface area contributed by atoms with Crippen LogP contribution in [0.2, 0.25) is 0 Å². The Morgan fingerprint density at radius 3 is 2.59 bits per heavy atom. The first kappa shape index (κ1) is 18.6. The van der Waals surface area contributed by atoms with Gasteiger partial charge in [0.25, 0.3) is 0 Å². The Balaban J connectivity index is 1.88. The first-order valence-electron chi connectivity index (χ1n) is 8.43. The molecule has 3 aromatic rings. The van der Waals surface area contributed by atoms with Crippen LogP contribution in [0.4, 0.5) is 5.69 Å². The van der Waals surface area contributed by atoms with Crippen LogP contribution in [-0.2, 0) is 0 Å². The summed E-state index contributed by atoms with van der Waals surface area (Å²) in [5, 5.41) is 16.3. The SMILES string of the molecule is COc1cccc(-c2csc(/C(C#N)=N\Nc3c(C)cc(C)cc3C)n2)c1. The summed E-state index contributed by atoms with van der Waals surface area (Å²) in [7, 11) is 1.63. The number of nitriles is 1. The maximum atomic E-state index is 9.53. The van der Waals surface area contributed by atoms with Gasteiger partial charge >= 0.3 is 0 Å². The van der Waals surface area contributed by atoms with Crippen molar-refractivity contribution in [2.45, 2.75) is 20.8 Å². The van der Waals surface area contributed by atoms with Crippen LogP contribution in [0.1, 0.15) is 21.7 Å². The minimum Gasteiger partial charge on any atom is -0.497 e. The third-order valence-corrected chi connectivity index (χ3v) is 4.98. The summed E-state index contributed by atoms with van der Waals surface area (Å²) in [6.45, 7) is 6.10. The normalized spacial score (nSPS) is 11.1. The van der Waals surface area contributed by atoms with Crippen molar-refractivity contribution >= 4 is 22.7 Å². The van der Waals surface area contributed by atoms with E-state index in [0.29, 0.717) is 5.01 Å². The van der Waals surface area contributed by atoms with Crippen molar-refractivity contribution in [3.63, 3.8) is 0 Å². The average Bonchev–Trinajstić information content (AvgIpc) is 3.14. The fraction of sp³-hybridized carbons (Fsp3) is 0.190. The van der Waals surface area contributed by atoms with Gasteiger partial charge < -0.3 is 4.74 Å². The van der Waals surface area contributed by atoms with Gasteiger partial charge in [-0.1, -0.05) is 29.8 Å². The van der Waals surface area contributed by atoms with Crippen molar-refractivity contribution in [3.8, 4) is 23.1 Å². The summed E-state index contributed by atoms with van der Waals surface area (Å²) in [6, 6.07) is 14.0. The zero-order valence-corrected chi connectivity index (χ0v) is 16.5. The van der Waals surface area contributed by atoms with Crippen molar-refractivity contribution in [2.75, 3.05) is 12.5 Å². The molecule has 136 valence electrons. The molecule has 0 aliphatic rings. The Morgan fingerprint density at radius 2 is 1.93 bits per heavy atom. The van der Waals surface area contributed by atoms with E-state index in [-0.39, 0.29) is 5.71 Å². The number of hydrogen-bond acceptors (Lipinski definition) is 6. The zero-order chi connectivity index (χ0) is 19.4. The third-order valence-electron chi connectivity index (χ3n) is 4.13. The van der Waals surface area contributed by atoms with Crippen LogP contribution >= 0.6 is 11.3 Å². The Morgan fingerprint density at radius 1 is 1.19 bits per heavy atom. The molecule has 1 aromatic heterocycles. The fourth-order valence-electron chi connectivity index (χ4n) is 2.89. The zero-order valence-electron chi connectivity index (χ0n) is 15.7. The maximum Gasteiger partial charge on any atom is 0.196 e. The lowest BCUT2D eigenvalue weighted by molar-refractivity contribution is 0.415. The second-order valence-electron chi connectivity index (χ2n) is 6.23. The summed E-state index contributed by atoms with van der Waals surface area (Å²) >= 11 is 1.39. The lowest BCUT2D eigenvalue weighted by Gasteiger charge is -2.10. The van der Waals surface area contributed by atoms with Crippen molar-refractivity contribution in [3.05, 3.63) is 63.5 Å². The van der Waals surface area contributed by atoms with Crippen LogP contribution in [-0.4, -0.2) is 17.8 Å². The van der Waals surface area contributed by atoms with Crippen molar-refractivity contribution in [2.24, 2.45) is 5.10 Å². The van der Waals surface area contributed by atoms with Gasteiger partial charge in [-0.05, 0) is 44.0 Å². The molecular formula is C21H20N4OS. The maximum absolute atomic E-state index is 9.53. The minimum absolute atomic E-state index is 0.258. The molecule has 3 rings (SSSR count). The molecule has 0 saturated heterocycles. The Labute approximate surface area is 163 Å². The first-order chi connectivity index (χ1) is 13.0. The van der Waals surface area contributed by atoms with Crippen LogP contribution in [0.3, 0.4) is 0 Å². The molecule has 2 aromatic carbocycles. The highest BCUT2D eigenvalue weighted by atomic mass is 32.1. The number of thiazole rings is 1. The summed E-state index contributed by atoms with van der Waals surface area (Å²) in [5.74, 6) is 0.767. The molecule has 0 radical (unpaired) electrons.